The Morgan fingerprint density at radius 3 is 2.59 bits per heavy atom. The van der Waals surface area contributed by atoms with Gasteiger partial charge in [0, 0.05) is 41.6 Å². The minimum absolute atomic E-state index is 0.135. The fourth-order valence-electron chi connectivity index (χ4n) is 3.31. The number of hydrogen-bond donors (Lipinski definition) is 1. The molecule has 6 heteroatoms. The minimum atomic E-state index is -0.171. The Morgan fingerprint density at radius 1 is 1.00 bits per heavy atom. The molecule has 0 saturated heterocycles. The topological polar surface area (TPSA) is 62.3 Å². The van der Waals surface area contributed by atoms with Gasteiger partial charge in [-0.05, 0) is 53.9 Å². The highest BCUT2D eigenvalue weighted by molar-refractivity contribution is 8.00. The van der Waals surface area contributed by atoms with Crippen LogP contribution >= 0.6 is 11.8 Å². The van der Waals surface area contributed by atoms with E-state index in [1.54, 1.807) is 36.3 Å². The Labute approximate surface area is 174 Å². The first-order valence-electron chi connectivity index (χ1n) is 9.48. The molecule has 2 heterocycles. The maximum Gasteiger partial charge on any atom is 0.255 e. The molecule has 2 aromatic carbocycles. The SMILES string of the molecule is O=C(Nc1ccc2c(c1)CN(C(=O)CSc1ccccc1)CC2)c1ccncc1. The molecule has 1 aliphatic heterocycles. The van der Waals surface area contributed by atoms with Crippen LogP contribution in [0.1, 0.15) is 21.5 Å². The van der Waals surface area contributed by atoms with Gasteiger partial charge in [0.2, 0.25) is 5.91 Å². The van der Waals surface area contributed by atoms with Crippen molar-refractivity contribution in [2.24, 2.45) is 0 Å². The standard InChI is InChI=1S/C23H21N3O2S/c27-22(16-29-21-4-2-1-3-5-21)26-13-10-17-6-7-20(14-19(17)15-26)25-23(28)18-8-11-24-12-9-18/h1-9,11-12,14H,10,13,15-16H2,(H,25,28). The second-order valence-electron chi connectivity index (χ2n) is 6.84. The largest absolute Gasteiger partial charge is 0.337 e. The number of carbonyl (C=O) groups is 2. The van der Waals surface area contributed by atoms with Crippen molar-refractivity contribution in [3.8, 4) is 0 Å². The average Bonchev–Trinajstić information content (AvgIpc) is 2.78. The lowest BCUT2D eigenvalue weighted by molar-refractivity contribution is -0.129. The van der Waals surface area contributed by atoms with E-state index >= 15 is 0 Å². The Balaban J connectivity index is 1.40. The first-order valence-corrected chi connectivity index (χ1v) is 10.5. The molecule has 0 fully saturated rings. The van der Waals surface area contributed by atoms with Gasteiger partial charge < -0.3 is 10.2 Å². The molecule has 0 spiro atoms. The Hall–Kier alpha value is -3.12. The third kappa shape index (κ3) is 4.84. The molecule has 3 aromatic rings. The Morgan fingerprint density at radius 2 is 1.79 bits per heavy atom. The molecule has 0 saturated carbocycles. The van der Waals surface area contributed by atoms with Crippen molar-refractivity contribution in [2.45, 2.75) is 17.9 Å². The second kappa shape index (κ2) is 8.92. The average molecular weight is 404 g/mol. The van der Waals surface area contributed by atoms with Crippen LogP contribution in [0.15, 0.2) is 78.0 Å². The number of pyridine rings is 1. The van der Waals surface area contributed by atoms with Crippen molar-refractivity contribution in [3.05, 3.63) is 89.7 Å². The lowest BCUT2D eigenvalue weighted by atomic mass is 9.99. The summed E-state index contributed by atoms with van der Waals surface area (Å²) in [6, 6.07) is 19.2. The normalized spacial score (nSPS) is 12.9. The second-order valence-corrected chi connectivity index (χ2v) is 7.89. The van der Waals surface area contributed by atoms with Crippen molar-refractivity contribution in [2.75, 3.05) is 17.6 Å². The summed E-state index contributed by atoms with van der Waals surface area (Å²) >= 11 is 1.56. The molecule has 0 bridgehead atoms. The van der Waals surface area contributed by atoms with Crippen molar-refractivity contribution in [3.63, 3.8) is 0 Å². The summed E-state index contributed by atoms with van der Waals surface area (Å²) in [6.45, 7) is 1.30. The van der Waals surface area contributed by atoms with Crippen LogP contribution in [-0.2, 0) is 17.8 Å². The molecule has 0 atom stereocenters. The van der Waals surface area contributed by atoms with Crippen LogP contribution < -0.4 is 5.32 Å². The molecule has 5 nitrogen and oxygen atoms in total. The van der Waals surface area contributed by atoms with Crippen LogP contribution in [0.4, 0.5) is 5.69 Å². The zero-order valence-electron chi connectivity index (χ0n) is 15.9. The number of benzene rings is 2. The van der Waals surface area contributed by atoms with Crippen LogP contribution in [-0.4, -0.2) is 34.0 Å². The first-order chi connectivity index (χ1) is 14.2. The van der Waals surface area contributed by atoms with Gasteiger partial charge in [0.25, 0.3) is 5.91 Å². The number of carbonyl (C=O) groups excluding carboxylic acids is 2. The number of rotatable bonds is 5. The summed E-state index contributed by atoms with van der Waals surface area (Å²) in [5.41, 5.74) is 3.61. The van der Waals surface area contributed by atoms with E-state index in [-0.39, 0.29) is 11.8 Å². The maximum atomic E-state index is 12.7. The predicted octanol–water partition coefficient (Wildman–Crippen LogP) is 4.01. The minimum Gasteiger partial charge on any atom is -0.337 e. The molecule has 1 aromatic heterocycles. The molecule has 29 heavy (non-hydrogen) atoms. The van der Waals surface area contributed by atoms with E-state index in [0.29, 0.717) is 17.9 Å². The van der Waals surface area contributed by atoms with E-state index in [1.807, 2.05) is 53.4 Å². The van der Waals surface area contributed by atoms with E-state index in [2.05, 4.69) is 10.3 Å². The van der Waals surface area contributed by atoms with E-state index in [1.165, 1.54) is 5.56 Å². The van der Waals surface area contributed by atoms with Crippen LogP contribution in [0, 0.1) is 0 Å². The molecule has 2 amide bonds. The molecule has 0 unspecified atom stereocenters. The van der Waals surface area contributed by atoms with E-state index in [0.717, 1.165) is 29.1 Å². The number of fused-ring (bicyclic) bond motifs is 1. The van der Waals surface area contributed by atoms with Gasteiger partial charge in [-0.3, -0.25) is 14.6 Å². The molecular weight excluding hydrogens is 382 g/mol. The molecule has 0 aliphatic carbocycles. The fraction of sp³-hybridized carbons (Fsp3) is 0.174. The van der Waals surface area contributed by atoms with Crippen molar-refractivity contribution < 1.29 is 9.59 Å². The van der Waals surface area contributed by atoms with Crippen LogP contribution in [0.5, 0.6) is 0 Å². The van der Waals surface area contributed by atoms with Gasteiger partial charge >= 0.3 is 0 Å². The summed E-state index contributed by atoms with van der Waals surface area (Å²) in [5, 5.41) is 2.92. The van der Waals surface area contributed by atoms with E-state index < -0.39 is 0 Å². The van der Waals surface area contributed by atoms with Crippen LogP contribution in [0.3, 0.4) is 0 Å². The molecular formula is C23H21N3O2S. The first kappa shape index (κ1) is 19.2. The van der Waals surface area contributed by atoms with Crippen LogP contribution in [0.2, 0.25) is 0 Å². The highest BCUT2D eigenvalue weighted by Gasteiger charge is 2.21. The van der Waals surface area contributed by atoms with Gasteiger partial charge in [0.05, 0.1) is 5.75 Å². The highest BCUT2D eigenvalue weighted by Crippen LogP contribution is 2.25. The lowest BCUT2D eigenvalue weighted by Crippen LogP contribution is -2.37. The lowest BCUT2D eigenvalue weighted by Gasteiger charge is -2.29. The predicted molar refractivity (Wildman–Crippen MR) is 115 cm³/mol. The Bertz CT molecular complexity index is 1010. The van der Waals surface area contributed by atoms with E-state index in [4.69, 9.17) is 0 Å². The third-order valence-electron chi connectivity index (χ3n) is 4.88. The molecule has 1 aliphatic rings. The molecule has 146 valence electrons. The Kier molecular flexibility index (Phi) is 5.91. The van der Waals surface area contributed by atoms with Crippen molar-refractivity contribution >= 4 is 29.3 Å². The quantitative estimate of drug-likeness (QED) is 0.654. The summed E-state index contributed by atoms with van der Waals surface area (Å²) in [4.78, 5) is 32.0. The monoisotopic (exact) mass is 403 g/mol. The van der Waals surface area contributed by atoms with Gasteiger partial charge in [-0.15, -0.1) is 11.8 Å². The molecule has 0 radical (unpaired) electrons. The van der Waals surface area contributed by atoms with Crippen LogP contribution in [0.25, 0.3) is 0 Å². The highest BCUT2D eigenvalue weighted by atomic mass is 32.2. The third-order valence-corrected chi connectivity index (χ3v) is 5.87. The number of nitrogens with one attached hydrogen (secondary N) is 1. The van der Waals surface area contributed by atoms with Gasteiger partial charge in [-0.25, -0.2) is 0 Å². The number of thioether (sulfide) groups is 1. The van der Waals surface area contributed by atoms with Crippen molar-refractivity contribution in [1.29, 1.82) is 0 Å². The summed E-state index contributed by atoms with van der Waals surface area (Å²) < 4.78 is 0. The van der Waals surface area contributed by atoms with Gasteiger partial charge in [0.1, 0.15) is 0 Å². The number of aromatic nitrogens is 1. The zero-order chi connectivity index (χ0) is 20.1. The number of amides is 2. The zero-order valence-corrected chi connectivity index (χ0v) is 16.7. The van der Waals surface area contributed by atoms with Gasteiger partial charge in [0.15, 0.2) is 0 Å². The summed E-state index contributed by atoms with van der Waals surface area (Å²) in [7, 11) is 0. The molecule has 1 N–H and O–H groups in total. The van der Waals surface area contributed by atoms with Crippen molar-refractivity contribution in [1.82, 2.24) is 9.88 Å². The van der Waals surface area contributed by atoms with Gasteiger partial charge in [-0.1, -0.05) is 24.3 Å². The van der Waals surface area contributed by atoms with Gasteiger partial charge in [-0.2, -0.15) is 0 Å². The summed E-state index contributed by atoms with van der Waals surface area (Å²) in [5.74, 6) is 0.392. The number of anilines is 1. The molecule has 4 rings (SSSR count). The van der Waals surface area contributed by atoms with E-state index in [9.17, 15) is 9.59 Å². The number of nitrogens with zero attached hydrogens (tertiary/aromatic N) is 2. The smallest absolute Gasteiger partial charge is 0.255 e. The maximum absolute atomic E-state index is 12.7. The summed E-state index contributed by atoms with van der Waals surface area (Å²) in [6.07, 6.45) is 4.02. The fourth-order valence-corrected chi connectivity index (χ4v) is 4.13. The number of hydrogen-bond acceptors (Lipinski definition) is 4.